The lowest BCUT2D eigenvalue weighted by atomic mass is 10.0. The third-order valence-electron chi connectivity index (χ3n) is 2.45. The lowest BCUT2D eigenvalue weighted by molar-refractivity contribution is 0.477. The van der Waals surface area contributed by atoms with Crippen LogP contribution in [0.1, 0.15) is 5.56 Å². The molecule has 0 aromatic heterocycles. The van der Waals surface area contributed by atoms with E-state index >= 15 is 0 Å². The molecule has 0 spiro atoms. The smallest absolute Gasteiger partial charge is 0.123 e. The third kappa shape index (κ3) is 2.18. The van der Waals surface area contributed by atoms with Crippen molar-refractivity contribution in [2.75, 3.05) is 0 Å². The SMILES string of the molecule is NCc1ccc(O)c(-c2ccc(Cl)cc2)c1. The Morgan fingerprint density at radius 1 is 1.06 bits per heavy atom. The van der Waals surface area contributed by atoms with Gasteiger partial charge in [0.1, 0.15) is 5.75 Å². The average Bonchev–Trinajstić information content (AvgIpc) is 2.31. The van der Waals surface area contributed by atoms with Crippen LogP contribution in [0.4, 0.5) is 0 Å². The van der Waals surface area contributed by atoms with E-state index in [1.807, 2.05) is 24.3 Å². The summed E-state index contributed by atoms with van der Waals surface area (Å²) in [5.41, 5.74) is 8.26. The first kappa shape index (κ1) is 11.0. The van der Waals surface area contributed by atoms with Crippen molar-refractivity contribution in [2.45, 2.75) is 6.54 Å². The summed E-state index contributed by atoms with van der Waals surface area (Å²) >= 11 is 5.81. The first-order valence-electron chi connectivity index (χ1n) is 4.98. The molecule has 0 aliphatic rings. The van der Waals surface area contributed by atoms with Gasteiger partial charge in [0.15, 0.2) is 0 Å². The molecule has 0 saturated carbocycles. The summed E-state index contributed by atoms with van der Waals surface area (Å²) < 4.78 is 0. The Morgan fingerprint density at radius 3 is 2.38 bits per heavy atom. The highest BCUT2D eigenvalue weighted by molar-refractivity contribution is 6.30. The molecule has 16 heavy (non-hydrogen) atoms. The Bertz CT molecular complexity index is 494. The summed E-state index contributed by atoms with van der Waals surface area (Å²) in [4.78, 5) is 0. The molecule has 0 atom stereocenters. The van der Waals surface area contributed by atoms with Crippen LogP contribution < -0.4 is 5.73 Å². The van der Waals surface area contributed by atoms with Crippen LogP contribution in [0.2, 0.25) is 5.02 Å². The molecule has 3 N–H and O–H groups in total. The van der Waals surface area contributed by atoms with Gasteiger partial charge in [0.05, 0.1) is 0 Å². The molecule has 0 heterocycles. The molecular formula is C13H12ClNO. The number of halogens is 1. The number of rotatable bonds is 2. The van der Waals surface area contributed by atoms with E-state index in [0.717, 1.165) is 16.7 Å². The number of phenols is 1. The van der Waals surface area contributed by atoms with Gasteiger partial charge < -0.3 is 10.8 Å². The molecule has 0 unspecified atom stereocenters. The fourth-order valence-corrected chi connectivity index (χ4v) is 1.70. The molecule has 2 aromatic rings. The molecular weight excluding hydrogens is 222 g/mol. The van der Waals surface area contributed by atoms with Crippen molar-refractivity contribution in [1.29, 1.82) is 0 Å². The second-order valence-electron chi connectivity index (χ2n) is 3.56. The van der Waals surface area contributed by atoms with Gasteiger partial charge in [0.25, 0.3) is 0 Å². The molecule has 2 aromatic carbocycles. The molecule has 2 nitrogen and oxygen atoms in total. The van der Waals surface area contributed by atoms with Crippen LogP contribution in [-0.2, 0) is 6.54 Å². The second-order valence-corrected chi connectivity index (χ2v) is 4.00. The van der Waals surface area contributed by atoms with Crippen molar-refractivity contribution in [3.63, 3.8) is 0 Å². The molecule has 82 valence electrons. The van der Waals surface area contributed by atoms with Gasteiger partial charge in [-0.05, 0) is 35.4 Å². The van der Waals surface area contributed by atoms with E-state index in [9.17, 15) is 5.11 Å². The van der Waals surface area contributed by atoms with Crippen LogP contribution in [0, 0.1) is 0 Å². The zero-order valence-corrected chi connectivity index (χ0v) is 9.41. The summed E-state index contributed by atoms with van der Waals surface area (Å²) in [6.07, 6.45) is 0. The van der Waals surface area contributed by atoms with Crippen LogP contribution in [0.15, 0.2) is 42.5 Å². The maximum absolute atomic E-state index is 9.78. The predicted molar refractivity (Wildman–Crippen MR) is 66.4 cm³/mol. The van der Waals surface area contributed by atoms with E-state index in [4.69, 9.17) is 17.3 Å². The molecule has 0 aliphatic carbocycles. The minimum Gasteiger partial charge on any atom is -0.507 e. The number of hydrogen-bond donors (Lipinski definition) is 2. The zero-order chi connectivity index (χ0) is 11.5. The quantitative estimate of drug-likeness (QED) is 0.837. The second kappa shape index (κ2) is 4.56. The Labute approximate surface area is 99.3 Å². The van der Waals surface area contributed by atoms with Gasteiger partial charge in [-0.15, -0.1) is 0 Å². The molecule has 0 saturated heterocycles. The molecule has 0 amide bonds. The lowest BCUT2D eigenvalue weighted by Crippen LogP contribution is -1.96. The standard InChI is InChI=1S/C13H12ClNO/c14-11-4-2-10(3-5-11)12-7-9(8-15)1-6-13(12)16/h1-7,16H,8,15H2. The monoisotopic (exact) mass is 233 g/mol. The normalized spacial score (nSPS) is 10.4. The van der Waals surface area contributed by atoms with E-state index in [1.165, 1.54) is 0 Å². The summed E-state index contributed by atoms with van der Waals surface area (Å²) in [5.74, 6) is 0.250. The maximum Gasteiger partial charge on any atom is 0.123 e. The number of phenolic OH excluding ortho intramolecular Hbond substituents is 1. The first-order valence-corrected chi connectivity index (χ1v) is 5.36. The van der Waals surface area contributed by atoms with Crippen molar-refractivity contribution in [2.24, 2.45) is 5.73 Å². The Kier molecular flexibility index (Phi) is 3.13. The van der Waals surface area contributed by atoms with Crippen LogP contribution >= 0.6 is 11.6 Å². The van der Waals surface area contributed by atoms with Crippen LogP contribution in [-0.4, -0.2) is 5.11 Å². The summed E-state index contributed by atoms with van der Waals surface area (Å²) in [5, 5.41) is 10.5. The van der Waals surface area contributed by atoms with Crippen molar-refractivity contribution in [3.8, 4) is 16.9 Å². The van der Waals surface area contributed by atoms with Crippen LogP contribution in [0.3, 0.4) is 0 Å². The number of hydrogen-bond acceptors (Lipinski definition) is 2. The van der Waals surface area contributed by atoms with Gasteiger partial charge in [-0.25, -0.2) is 0 Å². The first-order chi connectivity index (χ1) is 7.70. The van der Waals surface area contributed by atoms with E-state index < -0.39 is 0 Å². The lowest BCUT2D eigenvalue weighted by Gasteiger charge is -2.07. The van der Waals surface area contributed by atoms with Crippen molar-refractivity contribution in [1.82, 2.24) is 0 Å². The van der Waals surface area contributed by atoms with Gasteiger partial charge in [0.2, 0.25) is 0 Å². The molecule has 0 aliphatic heterocycles. The highest BCUT2D eigenvalue weighted by Gasteiger charge is 2.04. The Balaban J connectivity index is 2.50. The largest absolute Gasteiger partial charge is 0.507 e. The fourth-order valence-electron chi connectivity index (χ4n) is 1.57. The van der Waals surface area contributed by atoms with E-state index in [0.29, 0.717) is 11.6 Å². The molecule has 0 bridgehead atoms. The number of benzene rings is 2. The van der Waals surface area contributed by atoms with Gasteiger partial charge in [-0.1, -0.05) is 29.8 Å². The summed E-state index contributed by atoms with van der Waals surface area (Å²) in [6.45, 7) is 0.459. The average molecular weight is 234 g/mol. The van der Waals surface area contributed by atoms with E-state index in [-0.39, 0.29) is 5.75 Å². The number of aromatic hydroxyl groups is 1. The topological polar surface area (TPSA) is 46.2 Å². The van der Waals surface area contributed by atoms with E-state index in [1.54, 1.807) is 18.2 Å². The highest BCUT2D eigenvalue weighted by atomic mass is 35.5. The third-order valence-corrected chi connectivity index (χ3v) is 2.70. The maximum atomic E-state index is 9.78. The zero-order valence-electron chi connectivity index (χ0n) is 8.65. The van der Waals surface area contributed by atoms with Crippen molar-refractivity contribution in [3.05, 3.63) is 53.1 Å². The van der Waals surface area contributed by atoms with Crippen molar-refractivity contribution < 1.29 is 5.11 Å². The Morgan fingerprint density at radius 2 is 1.75 bits per heavy atom. The minimum absolute atomic E-state index is 0.250. The van der Waals surface area contributed by atoms with Gasteiger partial charge in [0, 0.05) is 17.1 Å². The summed E-state index contributed by atoms with van der Waals surface area (Å²) in [7, 11) is 0. The molecule has 2 rings (SSSR count). The van der Waals surface area contributed by atoms with E-state index in [2.05, 4.69) is 0 Å². The van der Waals surface area contributed by atoms with Gasteiger partial charge >= 0.3 is 0 Å². The predicted octanol–water partition coefficient (Wildman–Crippen LogP) is 3.17. The van der Waals surface area contributed by atoms with Crippen molar-refractivity contribution >= 4 is 11.6 Å². The fraction of sp³-hybridized carbons (Fsp3) is 0.0769. The highest BCUT2D eigenvalue weighted by Crippen LogP contribution is 2.30. The minimum atomic E-state index is 0.250. The molecule has 0 radical (unpaired) electrons. The van der Waals surface area contributed by atoms with Gasteiger partial charge in [-0.3, -0.25) is 0 Å². The number of nitrogens with two attached hydrogens (primary N) is 1. The molecule has 0 fully saturated rings. The van der Waals surface area contributed by atoms with Crippen LogP contribution in [0.5, 0.6) is 5.75 Å². The summed E-state index contributed by atoms with van der Waals surface area (Å²) in [6, 6.07) is 12.7. The van der Waals surface area contributed by atoms with Crippen LogP contribution in [0.25, 0.3) is 11.1 Å². The van der Waals surface area contributed by atoms with Gasteiger partial charge in [-0.2, -0.15) is 0 Å². The molecule has 3 heteroatoms. The Hall–Kier alpha value is -1.51.